The zero-order valence-electron chi connectivity index (χ0n) is 18.1. The largest absolute Gasteiger partial charge is 0.506 e. The summed E-state index contributed by atoms with van der Waals surface area (Å²) in [7, 11) is 0. The van der Waals surface area contributed by atoms with E-state index in [1.807, 2.05) is 30.3 Å². The third-order valence-electron chi connectivity index (χ3n) is 4.95. The molecule has 1 aliphatic heterocycles. The molecule has 10 heteroatoms. The molecule has 0 spiro atoms. The van der Waals surface area contributed by atoms with E-state index in [2.05, 4.69) is 30.4 Å². The van der Waals surface area contributed by atoms with Gasteiger partial charge in [0.2, 0.25) is 0 Å². The molecule has 172 valence electrons. The molecular formula is C23H26N6O4. The predicted octanol–water partition coefficient (Wildman–Crippen LogP) is 1.97. The number of hydrogen-bond donors (Lipinski definition) is 3. The third-order valence-corrected chi connectivity index (χ3v) is 4.95. The minimum absolute atomic E-state index is 0.0235. The van der Waals surface area contributed by atoms with Gasteiger partial charge in [0, 0.05) is 31.3 Å². The summed E-state index contributed by atoms with van der Waals surface area (Å²) in [5.41, 5.74) is 5.41. The zero-order valence-corrected chi connectivity index (χ0v) is 18.1. The minimum Gasteiger partial charge on any atom is -0.506 e. The minimum atomic E-state index is -0.0235. The SMILES string of the molecule is OCc1cccc(/C=N/Nc2cc(N3CCOCC3)nc(OCCc3ccc(O)cn3)n2)c1. The molecule has 0 atom stereocenters. The number of aliphatic hydroxyl groups is 1. The maximum Gasteiger partial charge on any atom is 0.320 e. The number of aromatic hydroxyl groups is 1. The average molecular weight is 450 g/mol. The van der Waals surface area contributed by atoms with Crippen LogP contribution in [0.5, 0.6) is 11.8 Å². The highest BCUT2D eigenvalue weighted by atomic mass is 16.5. The van der Waals surface area contributed by atoms with Gasteiger partial charge in [0.05, 0.1) is 38.8 Å². The highest BCUT2D eigenvalue weighted by molar-refractivity contribution is 5.80. The van der Waals surface area contributed by atoms with Crippen LogP contribution in [0, 0.1) is 0 Å². The zero-order chi connectivity index (χ0) is 22.9. The molecule has 2 aromatic heterocycles. The van der Waals surface area contributed by atoms with E-state index in [1.54, 1.807) is 18.3 Å². The van der Waals surface area contributed by atoms with E-state index in [-0.39, 0.29) is 18.4 Å². The standard InChI is InChI=1S/C23H26N6O4/c30-16-18-3-1-2-17(12-18)14-25-28-21-13-22(29-7-10-32-11-8-29)27-23(26-21)33-9-6-19-4-5-20(31)15-24-19/h1-5,12-15,30-31H,6-11,16H2,(H,26,27,28)/b25-14+. The van der Waals surface area contributed by atoms with Gasteiger partial charge in [-0.3, -0.25) is 10.4 Å². The van der Waals surface area contributed by atoms with Crippen molar-refractivity contribution in [1.29, 1.82) is 0 Å². The summed E-state index contributed by atoms with van der Waals surface area (Å²) in [4.78, 5) is 15.2. The Morgan fingerprint density at radius 2 is 2.03 bits per heavy atom. The molecule has 1 aromatic carbocycles. The Bertz CT molecular complexity index is 1070. The summed E-state index contributed by atoms with van der Waals surface area (Å²) in [5.74, 6) is 1.35. The van der Waals surface area contributed by atoms with Gasteiger partial charge in [0.25, 0.3) is 0 Å². The number of nitrogens with zero attached hydrogens (tertiary/aromatic N) is 5. The Labute approximate surface area is 191 Å². The van der Waals surface area contributed by atoms with E-state index < -0.39 is 0 Å². The van der Waals surface area contributed by atoms with Crippen molar-refractivity contribution in [2.75, 3.05) is 43.2 Å². The number of pyridine rings is 1. The Morgan fingerprint density at radius 1 is 1.15 bits per heavy atom. The average Bonchev–Trinajstić information content (AvgIpc) is 2.86. The molecular weight excluding hydrogens is 424 g/mol. The van der Waals surface area contributed by atoms with Crippen LogP contribution in [0.1, 0.15) is 16.8 Å². The van der Waals surface area contributed by atoms with E-state index in [1.165, 1.54) is 6.20 Å². The summed E-state index contributed by atoms with van der Waals surface area (Å²) in [6, 6.07) is 12.9. The van der Waals surface area contributed by atoms with E-state index in [9.17, 15) is 10.2 Å². The van der Waals surface area contributed by atoms with Crippen molar-refractivity contribution in [1.82, 2.24) is 15.0 Å². The molecule has 3 heterocycles. The summed E-state index contributed by atoms with van der Waals surface area (Å²) >= 11 is 0. The van der Waals surface area contributed by atoms with Gasteiger partial charge in [-0.25, -0.2) is 0 Å². The van der Waals surface area contributed by atoms with Crippen LogP contribution in [0.25, 0.3) is 0 Å². The van der Waals surface area contributed by atoms with Crippen LogP contribution in [0.3, 0.4) is 0 Å². The van der Waals surface area contributed by atoms with Crippen LogP contribution in [0.4, 0.5) is 11.6 Å². The van der Waals surface area contributed by atoms with E-state index >= 15 is 0 Å². The van der Waals surface area contributed by atoms with Crippen LogP contribution in [-0.2, 0) is 17.8 Å². The second-order valence-electron chi connectivity index (χ2n) is 7.37. The Balaban J connectivity index is 1.46. The Hall–Kier alpha value is -3.76. The first-order chi connectivity index (χ1) is 16.2. The van der Waals surface area contributed by atoms with Gasteiger partial charge in [-0.05, 0) is 29.3 Å². The molecule has 1 saturated heterocycles. The van der Waals surface area contributed by atoms with Crippen LogP contribution in [0.15, 0.2) is 53.8 Å². The lowest BCUT2D eigenvalue weighted by Gasteiger charge is -2.28. The maximum atomic E-state index is 9.36. The lowest BCUT2D eigenvalue weighted by Crippen LogP contribution is -2.36. The number of morpholine rings is 1. The number of benzene rings is 1. The fraction of sp³-hybridized carbons (Fsp3) is 0.304. The maximum absolute atomic E-state index is 9.36. The molecule has 1 fully saturated rings. The van der Waals surface area contributed by atoms with E-state index in [0.29, 0.717) is 32.1 Å². The van der Waals surface area contributed by atoms with Gasteiger partial charge in [-0.2, -0.15) is 15.1 Å². The molecule has 0 unspecified atom stereocenters. The van der Waals surface area contributed by atoms with E-state index in [4.69, 9.17) is 9.47 Å². The Kier molecular flexibility index (Phi) is 7.62. The fourth-order valence-electron chi connectivity index (χ4n) is 3.25. The number of aliphatic hydroxyl groups excluding tert-OH is 1. The molecule has 0 aliphatic carbocycles. The first-order valence-electron chi connectivity index (χ1n) is 10.7. The van der Waals surface area contributed by atoms with Crippen molar-refractivity contribution in [2.24, 2.45) is 5.10 Å². The molecule has 0 saturated carbocycles. The predicted molar refractivity (Wildman–Crippen MR) is 124 cm³/mol. The summed E-state index contributed by atoms with van der Waals surface area (Å²) in [6.45, 7) is 3.03. The van der Waals surface area contributed by atoms with Gasteiger partial charge < -0.3 is 24.6 Å². The van der Waals surface area contributed by atoms with Gasteiger partial charge in [0.15, 0.2) is 5.82 Å². The van der Waals surface area contributed by atoms with Gasteiger partial charge in [0.1, 0.15) is 11.6 Å². The van der Waals surface area contributed by atoms with Crippen molar-refractivity contribution in [3.05, 3.63) is 65.5 Å². The highest BCUT2D eigenvalue weighted by Gasteiger charge is 2.15. The van der Waals surface area contributed by atoms with Crippen LogP contribution >= 0.6 is 0 Å². The molecule has 3 N–H and O–H groups in total. The smallest absolute Gasteiger partial charge is 0.320 e. The van der Waals surface area contributed by atoms with Crippen molar-refractivity contribution >= 4 is 17.9 Å². The second-order valence-corrected chi connectivity index (χ2v) is 7.37. The van der Waals surface area contributed by atoms with Crippen molar-refractivity contribution in [2.45, 2.75) is 13.0 Å². The molecule has 10 nitrogen and oxygen atoms in total. The molecule has 33 heavy (non-hydrogen) atoms. The molecule has 0 amide bonds. The summed E-state index contributed by atoms with van der Waals surface area (Å²) in [5, 5.41) is 22.9. The lowest BCUT2D eigenvalue weighted by molar-refractivity contribution is 0.122. The second kappa shape index (κ2) is 11.2. The van der Waals surface area contributed by atoms with Crippen molar-refractivity contribution < 1.29 is 19.7 Å². The monoisotopic (exact) mass is 450 g/mol. The van der Waals surface area contributed by atoms with Crippen LogP contribution in [-0.4, -0.2) is 64.3 Å². The normalized spacial score (nSPS) is 13.9. The number of aromatic nitrogens is 3. The molecule has 4 rings (SSSR count). The van der Waals surface area contributed by atoms with Gasteiger partial charge in [-0.15, -0.1) is 0 Å². The number of nitrogens with one attached hydrogen (secondary N) is 1. The van der Waals surface area contributed by atoms with Gasteiger partial charge in [-0.1, -0.05) is 18.2 Å². The molecule has 3 aromatic rings. The van der Waals surface area contributed by atoms with Crippen LogP contribution in [0.2, 0.25) is 0 Å². The number of rotatable bonds is 9. The molecule has 0 radical (unpaired) electrons. The molecule has 1 aliphatic rings. The molecule has 0 bridgehead atoms. The first-order valence-corrected chi connectivity index (χ1v) is 10.7. The summed E-state index contributed by atoms with van der Waals surface area (Å²) in [6.07, 6.45) is 3.61. The van der Waals surface area contributed by atoms with Crippen LogP contribution < -0.4 is 15.1 Å². The summed E-state index contributed by atoms with van der Waals surface area (Å²) < 4.78 is 11.2. The highest BCUT2D eigenvalue weighted by Crippen LogP contribution is 2.21. The number of hydrazone groups is 1. The Morgan fingerprint density at radius 3 is 2.82 bits per heavy atom. The van der Waals surface area contributed by atoms with E-state index in [0.717, 1.165) is 35.7 Å². The fourth-order valence-corrected chi connectivity index (χ4v) is 3.25. The lowest BCUT2D eigenvalue weighted by atomic mass is 10.1. The topological polar surface area (TPSA) is 125 Å². The third kappa shape index (κ3) is 6.61. The van der Waals surface area contributed by atoms with Crippen molar-refractivity contribution in [3.8, 4) is 11.8 Å². The van der Waals surface area contributed by atoms with Crippen molar-refractivity contribution in [3.63, 3.8) is 0 Å². The first kappa shape index (κ1) is 22.4. The number of anilines is 2. The number of ether oxygens (including phenoxy) is 2. The number of hydrogen-bond acceptors (Lipinski definition) is 10. The van der Waals surface area contributed by atoms with Gasteiger partial charge >= 0.3 is 6.01 Å². The quantitative estimate of drug-likeness (QED) is 0.331.